The van der Waals surface area contributed by atoms with Gasteiger partial charge in [0.15, 0.2) is 5.57 Å². The molecule has 0 heterocycles. The van der Waals surface area contributed by atoms with Crippen LogP contribution in [0.25, 0.3) is 0 Å². The second kappa shape index (κ2) is 4.17. The van der Waals surface area contributed by atoms with Gasteiger partial charge in [0.2, 0.25) is 5.88 Å². The Morgan fingerprint density at radius 2 is 2.00 bits per heavy atom. The van der Waals surface area contributed by atoms with Gasteiger partial charge in [0, 0.05) is 0 Å². The molecule has 0 aliphatic carbocycles. The molecule has 0 saturated carbocycles. The number of esters is 1. The molecule has 60 valence electrons. The predicted molar refractivity (Wildman–Crippen MR) is 35.9 cm³/mol. The molecule has 0 spiro atoms. The van der Waals surface area contributed by atoms with Gasteiger partial charge in [-0.25, -0.2) is 4.79 Å². The monoisotopic (exact) mass is 156 g/mol. The van der Waals surface area contributed by atoms with Crippen molar-refractivity contribution in [2.75, 3.05) is 14.2 Å². The summed E-state index contributed by atoms with van der Waals surface area (Å²) in [5.74, 6) is -1.04. The molecule has 5 nitrogen and oxygen atoms in total. The Labute approximate surface area is 64.0 Å². The van der Waals surface area contributed by atoms with Gasteiger partial charge in [-0.2, -0.15) is 5.26 Å². The van der Waals surface area contributed by atoms with Crippen LogP contribution in [0.2, 0.25) is 0 Å². The van der Waals surface area contributed by atoms with Crippen LogP contribution in [0, 0.1) is 11.3 Å². The fourth-order valence-electron chi connectivity index (χ4n) is 0.405. The number of carbonyl (C=O) groups excluding carboxylic acids is 1. The minimum Gasteiger partial charge on any atom is -0.482 e. The lowest BCUT2D eigenvalue weighted by Crippen LogP contribution is -2.12. The lowest BCUT2D eigenvalue weighted by atomic mass is 10.3. The zero-order chi connectivity index (χ0) is 8.85. The van der Waals surface area contributed by atoms with Gasteiger partial charge in [-0.3, -0.25) is 0 Å². The molecule has 5 heteroatoms. The second-order valence-electron chi connectivity index (χ2n) is 1.55. The third-order valence-electron chi connectivity index (χ3n) is 0.968. The molecular weight excluding hydrogens is 148 g/mol. The van der Waals surface area contributed by atoms with Crippen LogP contribution >= 0.6 is 0 Å². The van der Waals surface area contributed by atoms with E-state index in [1.54, 1.807) is 6.07 Å². The van der Waals surface area contributed by atoms with Crippen molar-refractivity contribution in [2.24, 2.45) is 5.73 Å². The highest BCUT2D eigenvalue weighted by molar-refractivity contribution is 5.93. The van der Waals surface area contributed by atoms with E-state index in [4.69, 9.17) is 11.0 Å². The number of hydrogen-bond donors (Lipinski definition) is 1. The average molecular weight is 156 g/mol. The van der Waals surface area contributed by atoms with E-state index >= 15 is 0 Å². The van der Waals surface area contributed by atoms with Crippen LogP contribution < -0.4 is 5.73 Å². The zero-order valence-electron chi connectivity index (χ0n) is 6.25. The van der Waals surface area contributed by atoms with Crippen molar-refractivity contribution in [1.29, 1.82) is 5.26 Å². The first kappa shape index (κ1) is 9.30. The van der Waals surface area contributed by atoms with Crippen molar-refractivity contribution in [1.82, 2.24) is 0 Å². The molecule has 0 aromatic carbocycles. The number of methoxy groups -OCH3 is 2. The van der Waals surface area contributed by atoms with Crippen molar-refractivity contribution in [3.63, 3.8) is 0 Å². The molecule has 2 N–H and O–H groups in total. The Balaban J connectivity index is 4.69. The Kier molecular flexibility index (Phi) is 3.52. The van der Waals surface area contributed by atoms with E-state index in [2.05, 4.69) is 9.47 Å². The number of hydrogen-bond acceptors (Lipinski definition) is 5. The first-order chi connectivity index (χ1) is 5.17. The number of nitriles is 1. The molecule has 0 radical (unpaired) electrons. The van der Waals surface area contributed by atoms with E-state index < -0.39 is 5.97 Å². The predicted octanol–water partition coefficient (Wildman–Crippen LogP) is -0.500. The zero-order valence-corrected chi connectivity index (χ0v) is 6.25. The van der Waals surface area contributed by atoms with Crippen LogP contribution in [-0.2, 0) is 14.3 Å². The molecule has 0 fully saturated rings. The van der Waals surface area contributed by atoms with Crippen LogP contribution in [0.1, 0.15) is 0 Å². The number of carbonyl (C=O) groups is 1. The average Bonchev–Trinajstić information content (AvgIpc) is 2.05. The van der Waals surface area contributed by atoms with Crippen molar-refractivity contribution >= 4 is 5.97 Å². The maximum atomic E-state index is 10.7. The summed E-state index contributed by atoms with van der Waals surface area (Å²) in [6.45, 7) is 0. The molecular formula is C6H8N2O3. The highest BCUT2D eigenvalue weighted by Gasteiger charge is 2.13. The molecule has 11 heavy (non-hydrogen) atoms. The number of ether oxygens (including phenoxy) is 2. The highest BCUT2D eigenvalue weighted by Crippen LogP contribution is 1.99. The van der Waals surface area contributed by atoms with Crippen LogP contribution in [0.15, 0.2) is 11.5 Å². The van der Waals surface area contributed by atoms with Gasteiger partial charge in [-0.1, -0.05) is 0 Å². The third kappa shape index (κ3) is 2.18. The van der Waals surface area contributed by atoms with E-state index in [-0.39, 0.29) is 11.5 Å². The van der Waals surface area contributed by atoms with E-state index in [0.29, 0.717) is 0 Å². The Morgan fingerprint density at radius 1 is 1.45 bits per heavy atom. The van der Waals surface area contributed by atoms with Gasteiger partial charge in [0.05, 0.1) is 14.2 Å². The molecule has 0 bridgehead atoms. The summed E-state index contributed by atoms with van der Waals surface area (Å²) in [5.41, 5.74) is 4.81. The van der Waals surface area contributed by atoms with Gasteiger partial charge < -0.3 is 15.2 Å². The first-order valence-corrected chi connectivity index (χ1v) is 2.69. The normalized spacial score (nSPS) is 11.0. The lowest BCUT2D eigenvalue weighted by molar-refractivity contribution is -0.135. The molecule has 0 unspecified atom stereocenters. The fourth-order valence-corrected chi connectivity index (χ4v) is 0.405. The summed E-state index contributed by atoms with van der Waals surface area (Å²) in [4.78, 5) is 10.7. The van der Waals surface area contributed by atoms with Crippen LogP contribution in [0.5, 0.6) is 0 Å². The highest BCUT2D eigenvalue weighted by atomic mass is 16.5. The van der Waals surface area contributed by atoms with Crippen LogP contribution in [0.4, 0.5) is 0 Å². The molecule has 0 aliphatic heterocycles. The van der Waals surface area contributed by atoms with Gasteiger partial charge in [0.25, 0.3) is 0 Å². The van der Waals surface area contributed by atoms with Crippen molar-refractivity contribution in [2.45, 2.75) is 0 Å². The molecule has 0 amide bonds. The van der Waals surface area contributed by atoms with Crippen molar-refractivity contribution in [3.05, 3.63) is 11.5 Å². The summed E-state index contributed by atoms with van der Waals surface area (Å²) in [5, 5.41) is 8.36. The standard InChI is InChI=1S/C6H8N2O3/c1-10-5(8)4(3-7)6(9)11-2/h8H2,1-2H3/b5-4+. The van der Waals surface area contributed by atoms with E-state index in [9.17, 15) is 4.79 Å². The Hall–Kier alpha value is -1.70. The van der Waals surface area contributed by atoms with Crippen LogP contribution in [0.3, 0.4) is 0 Å². The van der Waals surface area contributed by atoms with E-state index in [0.717, 1.165) is 7.11 Å². The van der Waals surface area contributed by atoms with E-state index in [1.807, 2.05) is 0 Å². The minimum atomic E-state index is -0.799. The smallest absolute Gasteiger partial charge is 0.354 e. The fraction of sp³-hybridized carbons (Fsp3) is 0.333. The Morgan fingerprint density at radius 3 is 2.27 bits per heavy atom. The second-order valence-corrected chi connectivity index (χ2v) is 1.55. The van der Waals surface area contributed by atoms with Gasteiger partial charge in [-0.15, -0.1) is 0 Å². The third-order valence-corrected chi connectivity index (χ3v) is 0.968. The van der Waals surface area contributed by atoms with Crippen LogP contribution in [-0.4, -0.2) is 20.2 Å². The summed E-state index contributed by atoms with van der Waals surface area (Å²) in [6, 6.07) is 1.56. The molecule has 0 aromatic rings. The molecule has 0 aromatic heterocycles. The van der Waals surface area contributed by atoms with Crippen molar-refractivity contribution < 1.29 is 14.3 Å². The SMILES string of the molecule is COC(=O)/C(C#N)=C(\N)OC. The quantitative estimate of drug-likeness (QED) is 0.252. The first-order valence-electron chi connectivity index (χ1n) is 2.69. The van der Waals surface area contributed by atoms with Gasteiger partial charge in [-0.05, 0) is 0 Å². The largest absolute Gasteiger partial charge is 0.482 e. The van der Waals surface area contributed by atoms with Crippen molar-refractivity contribution in [3.8, 4) is 6.07 Å². The topological polar surface area (TPSA) is 85.3 Å². The van der Waals surface area contributed by atoms with Gasteiger partial charge >= 0.3 is 5.97 Å². The Bertz CT molecular complexity index is 226. The summed E-state index contributed by atoms with van der Waals surface area (Å²) >= 11 is 0. The summed E-state index contributed by atoms with van der Waals surface area (Å²) < 4.78 is 8.71. The maximum Gasteiger partial charge on any atom is 0.354 e. The lowest BCUT2D eigenvalue weighted by Gasteiger charge is -2.00. The number of rotatable bonds is 2. The summed E-state index contributed by atoms with van der Waals surface area (Å²) in [7, 11) is 2.41. The maximum absolute atomic E-state index is 10.7. The number of nitrogens with two attached hydrogens (primary N) is 1. The molecule has 0 atom stereocenters. The molecule has 0 rings (SSSR count). The number of nitrogens with zero attached hydrogens (tertiary/aromatic N) is 1. The van der Waals surface area contributed by atoms with E-state index in [1.165, 1.54) is 7.11 Å². The molecule has 0 saturated heterocycles. The van der Waals surface area contributed by atoms with Gasteiger partial charge in [0.1, 0.15) is 6.07 Å². The molecule has 0 aliphatic rings. The summed E-state index contributed by atoms with van der Waals surface area (Å²) in [6.07, 6.45) is 0. The minimum absolute atomic E-state index is 0.237.